The van der Waals surface area contributed by atoms with E-state index in [0.29, 0.717) is 10.6 Å². The Labute approximate surface area is 193 Å². The first-order valence-corrected chi connectivity index (χ1v) is 10.1. The molecule has 170 valence electrons. The highest BCUT2D eigenvalue weighted by molar-refractivity contribution is 6.36. The summed E-state index contributed by atoms with van der Waals surface area (Å²) in [5, 5.41) is 7.81. The minimum Gasteiger partial charge on any atom is -0.469 e. The van der Waals surface area contributed by atoms with Gasteiger partial charge in [-0.15, -0.1) is 0 Å². The molecule has 0 aliphatic heterocycles. The van der Waals surface area contributed by atoms with Crippen LogP contribution in [0.2, 0.25) is 10.0 Å². The number of halogens is 3. The summed E-state index contributed by atoms with van der Waals surface area (Å²) >= 11 is 11.7. The molecular weight excluding hydrogens is 464 g/mol. The highest BCUT2D eigenvalue weighted by Gasteiger charge is 2.19. The van der Waals surface area contributed by atoms with Gasteiger partial charge in [-0.25, -0.2) is 4.39 Å². The van der Waals surface area contributed by atoms with Crippen molar-refractivity contribution in [2.75, 3.05) is 20.2 Å². The van der Waals surface area contributed by atoms with Crippen LogP contribution in [0.5, 0.6) is 0 Å². The third-order valence-corrected chi connectivity index (χ3v) is 4.79. The Hall–Kier alpha value is -3.17. The van der Waals surface area contributed by atoms with Gasteiger partial charge in [-0.05, 0) is 35.9 Å². The molecule has 0 radical (unpaired) electrons. The number of rotatable bonds is 9. The van der Waals surface area contributed by atoms with E-state index < -0.39 is 48.6 Å². The summed E-state index contributed by atoms with van der Waals surface area (Å²) in [5.74, 6) is -2.84. The smallest absolute Gasteiger partial charge is 0.307 e. The number of hydrogen-bond acceptors (Lipinski definition) is 5. The fourth-order valence-electron chi connectivity index (χ4n) is 2.61. The molecule has 0 saturated carbocycles. The van der Waals surface area contributed by atoms with Crippen molar-refractivity contribution < 1.29 is 28.3 Å². The summed E-state index contributed by atoms with van der Waals surface area (Å²) < 4.78 is 17.8. The summed E-state index contributed by atoms with van der Waals surface area (Å²) in [6.07, 6.45) is -0.181. The van der Waals surface area contributed by atoms with E-state index in [9.17, 15) is 23.6 Å². The third-order valence-electron chi connectivity index (χ3n) is 4.24. The van der Waals surface area contributed by atoms with Crippen LogP contribution >= 0.6 is 23.2 Å². The maximum absolute atomic E-state index is 13.2. The van der Waals surface area contributed by atoms with E-state index in [0.717, 1.165) is 0 Å². The maximum atomic E-state index is 13.2. The van der Waals surface area contributed by atoms with Crippen molar-refractivity contribution in [2.45, 2.75) is 12.5 Å². The summed E-state index contributed by atoms with van der Waals surface area (Å²) in [4.78, 5) is 48.0. The van der Waals surface area contributed by atoms with Gasteiger partial charge in [0.25, 0.3) is 5.91 Å². The largest absolute Gasteiger partial charge is 0.469 e. The van der Waals surface area contributed by atoms with Gasteiger partial charge >= 0.3 is 5.97 Å². The van der Waals surface area contributed by atoms with Gasteiger partial charge in [0, 0.05) is 5.02 Å². The van der Waals surface area contributed by atoms with Crippen LogP contribution in [0.3, 0.4) is 0 Å². The number of carbonyl (C=O) groups is 4. The maximum Gasteiger partial charge on any atom is 0.307 e. The van der Waals surface area contributed by atoms with E-state index >= 15 is 0 Å². The number of benzene rings is 2. The normalized spacial score (nSPS) is 11.2. The van der Waals surface area contributed by atoms with Crippen molar-refractivity contribution in [3.05, 3.63) is 69.5 Å². The summed E-state index contributed by atoms with van der Waals surface area (Å²) in [6.45, 7) is -0.802. The van der Waals surface area contributed by atoms with Crippen LogP contribution in [-0.4, -0.2) is 43.9 Å². The molecule has 32 heavy (non-hydrogen) atoms. The molecule has 2 rings (SSSR count). The number of hydrogen-bond donors (Lipinski definition) is 3. The Morgan fingerprint density at radius 1 is 0.969 bits per heavy atom. The van der Waals surface area contributed by atoms with Gasteiger partial charge in [-0.3, -0.25) is 19.2 Å². The average molecular weight is 484 g/mol. The fraction of sp³-hybridized carbons (Fsp3) is 0.238. The number of methoxy groups -OCH3 is 1. The molecule has 0 saturated heterocycles. The second-order valence-corrected chi connectivity index (χ2v) is 7.38. The van der Waals surface area contributed by atoms with Crippen LogP contribution in [0.1, 0.15) is 28.4 Å². The molecule has 3 amide bonds. The van der Waals surface area contributed by atoms with E-state index in [4.69, 9.17) is 23.2 Å². The van der Waals surface area contributed by atoms with E-state index in [2.05, 4.69) is 20.7 Å². The molecular formula is C21H20Cl2FN3O5. The van der Waals surface area contributed by atoms with Crippen LogP contribution < -0.4 is 16.0 Å². The molecule has 2 aromatic carbocycles. The van der Waals surface area contributed by atoms with Crippen molar-refractivity contribution in [1.29, 1.82) is 0 Å². The molecule has 0 aliphatic rings. The first-order valence-electron chi connectivity index (χ1n) is 9.31. The zero-order chi connectivity index (χ0) is 23.7. The topological polar surface area (TPSA) is 114 Å². The first-order chi connectivity index (χ1) is 15.2. The number of esters is 1. The Kier molecular flexibility index (Phi) is 9.42. The molecule has 0 aliphatic carbocycles. The Balaban J connectivity index is 1.86. The Morgan fingerprint density at radius 2 is 1.62 bits per heavy atom. The average Bonchev–Trinajstić information content (AvgIpc) is 2.76. The van der Waals surface area contributed by atoms with Gasteiger partial charge in [0.05, 0.1) is 43.2 Å². The van der Waals surface area contributed by atoms with Crippen molar-refractivity contribution in [3.8, 4) is 0 Å². The predicted molar refractivity (Wildman–Crippen MR) is 116 cm³/mol. The van der Waals surface area contributed by atoms with Gasteiger partial charge < -0.3 is 20.7 Å². The highest BCUT2D eigenvalue weighted by Crippen LogP contribution is 2.21. The van der Waals surface area contributed by atoms with Gasteiger partial charge in [-0.1, -0.05) is 35.3 Å². The molecule has 1 atom stereocenters. The number of carbonyl (C=O) groups excluding carboxylic acids is 4. The molecule has 2 aromatic rings. The SMILES string of the molecule is COC(=O)CC(NC(=O)CNC(=O)CNC(=O)c1ccc(Cl)cc1Cl)c1ccc(F)cc1. The quantitative estimate of drug-likeness (QED) is 0.473. The minimum atomic E-state index is -0.779. The molecule has 0 spiro atoms. The first kappa shape index (κ1) is 25.1. The van der Waals surface area contributed by atoms with Gasteiger partial charge in [0.1, 0.15) is 5.82 Å². The lowest BCUT2D eigenvalue weighted by molar-refractivity contribution is -0.141. The standard InChI is InChI=1S/C21H20Cl2FN3O5/c1-32-20(30)9-17(12-2-5-14(24)6-3-12)27-19(29)11-25-18(28)10-26-21(31)15-7-4-13(22)8-16(15)23/h2-8,17H,9-11H2,1H3,(H,25,28)(H,26,31)(H,27,29). The van der Waals surface area contributed by atoms with Crippen molar-refractivity contribution in [1.82, 2.24) is 16.0 Å². The highest BCUT2D eigenvalue weighted by atomic mass is 35.5. The van der Waals surface area contributed by atoms with Gasteiger partial charge in [-0.2, -0.15) is 0 Å². The molecule has 11 heteroatoms. The van der Waals surface area contributed by atoms with E-state index in [-0.39, 0.29) is 17.0 Å². The molecule has 3 N–H and O–H groups in total. The Morgan fingerprint density at radius 3 is 2.25 bits per heavy atom. The summed E-state index contributed by atoms with van der Waals surface area (Å²) in [5.41, 5.74) is 0.634. The van der Waals surface area contributed by atoms with Gasteiger partial charge in [0.2, 0.25) is 11.8 Å². The molecule has 0 bridgehead atoms. The zero-order valence-corrected chi connectivity index (χ0v) is 18.4. The lowest BCUT2D eigenvalue weighted by Gasteiger charge is -2.18. The van der Waals surface area contributed by atoms with E-state index in [1.807, 2.05) is 0 Å². The number of amides is 3. The molecule has 0 heterocycles. The van der Waals surface area contributed by atoms with E-state index in [1.54, 1.807) is 0 Å². The monoisotopic (exact) mass is 483 g/mol. The summed E-state index contributed by atoms with van der Waals surface area (Å²) in [6, 6.07) is 8.78. The molecule has 1 unspecified atom stereocenters. The number of nitrogens with one attached hydrogen (secondary N) is 3. The van der Waals surface area contributed by atoms with Crippen molar-refractivity contribution in [2.24, 2.45) is 0 Å². The third kappa shape index (κ3) is 7.82. The lowest BCUT2D eigenvalue weighted by Crippen LogP contribution is -2.43. The zero-order valence-electron chi connectivity index (χ0n) is 16.9. The van der Waals surface area contributed by atoms with Gasteiger partial charge in [0.15, 0.2) is 0 Å². The van der Waals surface area contributed by atoms with Crippen molar-refractivity contribution in [3.63, 3.8) is 0 Å². The van der Waals surface area contributed by atoms with E-state index in [1.165, 1.54) is 49.6 Å². The van der Waals surface area contributed by atoms with Crippen LogP contribution in [0, 0.1) is 5.82 Å². The van der Waals surface area contributed by atoms with Crippen LogP contribution in [0.25, 0.3) is 0 Å². The minimum absolute atomic E-state index is 0.132. The summed E-state index contributed by atoms with van der Waals surface area (Å²) in [7, 11) is 1.21. The lowest BCUT2D eigenvalue weighted by atomic mass is 10.0. The Bertz CT molecular complexity index is 1000. The number of ether oxygens (including phenoxy) is 1. The second kappa shape index (κ2) is 12.0. The van der Waals surface area contributed by atoms with Crippen LogP contribution in [0.4, 0.5) is 4.39 Å². The molecule has 0 aromatic heterocycles. The van der Waals surface area contributed by atoms with Crippen LogP contribution in [0.15, 0.2) is 42.5 Å². The molecule has 8 nitrogen and oxygen atoms in total. The second-order valence-electron chi connectivity index (χ2n) is 6.54. The predicted octanol–water partition coefficient (Wildman–Crippen LogP) is 2.40. The van der Waals surface area contributed by atoms with Crippen molar-refractivity contribution >= 4 is 46.9 Å². The van der Waals surface area contributed by atoms with Crippen LogP contribution in [-0.2, 0) is 19.1 Å². The fourth-order valence-corrected chi connectivity index (χ4v) is 3.11. The molecule has 0 fully saturated rings.